The third kappa shape index (κ3) is 13.5. The van der Waals surface area contributed by atoms with Gasteiger partial charge in [0.25, 0.3) is 0 Å². The maximum Gasteiger partial charge on any atom is 0.157 e. The third-order valence-corrected chi connectivity index (χ3v) is 4.26. The van der Waals surface area contributed by atoms with E-state index in [9.17, 15) is 0 Å². The second-order valence-electron chi connectivity index (χ2n) is 6.53. The van der Waals surface area contributed by atoms with Crippen LogP contribution in [0.15, 0.2) is 24.3 Å². The zero-order chi connectivity index (χ0) is 16.4. The fourth-order valence-corrected chi connectivity index (χ4v) is 2.77. The second kappa shape index (κ2) is 16.3. The summed E-state index contributed by atoms with van der Waals surface area (Å²) in [5.74, 6) is 0. The van der Waals surface area contributed by atoms with Crippen LogP contribution in [-0.2, 0) is 9.47 Å². The van der Waals surface area contributed by atoms with Gasteiger partial charge in [-0.1, -0.05) is 50.5 Å². The Bertz CT molecular complexity index is 290. The van der Waals surface area contributed by atoms with Gasteiger partial charge in [0.15, 0.2) is 6.29 Å². The fraction of sp³-hybridized carbons (Fsp3) is 0.810. The Morgan fingerprint density at radius 3 is 2.17 bits per heavy atom. The van der Waals surface area contributed by atoms with Crippen molar-refractivity contribution >= 4 is 0 Å². The number of allylic oxidation sites excluding steroid dienone is 4. The molecule has 1 saturated heterocycles. The van der Waals surface area contributed by atoms with Gasteiger partial charge in [-0.2, -0.15) is 0 Å². The Hall–Kier alpha value is -0.600. The molecule has 1 fully saturated rings. The monoisotopic (exact) mass is 322 g/mol. The lowest BCUT2D eigenvalue weighted by Gasteiger charge is -2.22. The zero-order valence-corrected chi connectivity index (χ0v) is 15.3. The molecular weight excluding hydrogens is 284 g/mol. The van der Waals surface area contributed by atoms with Crippen molar-refractivity contribution in [2.24, 2.45) is 0 Å². The molecule has 0 amide bonds. The van der Waals surface area contributed by atoms with E-state index in [0.717, 1.165) is 26.1 Å². The van der Waals surface area contributed by atoms with Crippen molar-refractivity contribution in [1.82, 2.24) is 0 Å². The van der Waals surface area contributed by atoms with Gasteiger partial charge >= 0.3 is 0 Å². The van der Waals surface area contributed by atoms with Crippen LogP contribution in [0.3, 0.4) is 0 Å². The lowest BCUT2D eigenvalue weighted by Crippen LogP contribution is -2.22. The first-order chi connectivity index (χ1) is 11.4. The van der Waals surface area contributed by atoms with Crippen LogP contribution < -0.4 is 0 Å². The molecule has 1 aliphatic rings. The van der Waals surface area contributed by atoms with Gasteiger partial charge in [-0.05, 0) is 64.2 Å². The Kier molecular flexibility index (Phi) is 14.5. The van der Waals surface area contributed by atoms with Gasteiger partial charge in [0.1, 0.15) is 0 Å². The minimum atomic E-state index is 0.0769. The molecule has 1 unspecified atom stereocenters. The summed E-state index contributed by atoms with van der Waals surface area (Å²) in [6.07, 6.45) is 25.6. The van der Waals surface area contributed by atoms with Crippen molar-refractivity contribution in [3.63, 3.8) is 0 Å². The molecule has 0 aromatic heterocycles. The molecular formula is C21H38O2. The topological polar surface area (TPSA) is 18.5 Å². The summed E-state index contributed by atoms with van der Waals surface area (Å²) in [5.41, 5.74) is 0. The SMILES string of the molecule is CCCCCC/C=C\CC/C=C\CCCCOC1CCCCO1. The normalized spacial score (nSPS) is 19.1. The quantitative estimate of drug-likeness (QED) is 0.266. The first-order valence-electron chi connectivity index (χ1n) is 9.96. The van der Waals surface area contributed by atoms with Gasteiger partial charge in [0.05, 0.1) is 0 Å². The van der Waals surface area contributed by atoms with E-state index >= 15 is 0 Å². The van der Waals surface area contributed by atoms with Crippen LogP contribution in [0.1, 0.15) is 90.4 Å². The fourth-order valence-electron chi connectivity index (χ4n) is 2.77. The molecule has 134 valence electrons. The van der Waals surface area contributed by atoms with Crippen LogP contribution in [-0.4, -0.2) is 19.5 Å². The minimum absolute atomic E-state index is 0.0769. The van der Waals surface area contributed by atoms with E-state index in [4.69, 9.17) is 9.47 Å². The molecule has 1 heterocycles. The number of hydrogen-bond donors (Lipinski definition) is 0. The van der Waals surface area contributed by atoms with Crippen LogP contribution in [0.4, 0.5) is 0 Å². The smallest absolute Gasteiger partial charge is 0.157 e. The molecule has 1 atom stereocenters. The Labute approximate surface area is 144 Å². The van der Waals surface area contributed by atoms with E-state index in [2.05, 4.69) is 31.2 Å². The predicted octanol–water partition coefficient (Wildman–Crippen LogP) is 6.56. The summed E-state index contributed by atoms with van der Waals surface area (Å²) in [5, 5.41) is 0. The average molecular weight is 323 g/mol. The Morgan fingerprint density at radius 2 is 1.52 bits per heavy atom. The highest BCUT2D eigenvalue weighted by Crippen LogP contribution is 2.14. The number of hydrogen-bond acceptors (Lipinski definition) is 2. The highest BCUT2D eigenvalue weighted by molar-refractivity contribution is 4.88. The van der Waals surface area contributed by atoms with Crippen molar-refractivity contribution in [3.05, 3.63) is 24.3 Å². The summed E-state index contributed by atoms with van der Waals surface area (Å²) in [6, 6.07) is 0. The maximum atomic E-state index is 5.73. The summed E-state index contributed by atoms with van der Waals surface area (Å²) >= 11 is 0. The van der Waals surface area contributed by atoms with Crippen LogP contribution in [0, 0.1) is 0 Å². The Balaban J connectivity index is 1.78. The lowest BCUT2D eigenvalue weighted by molar-refractivity contribution is -0.162. The largest absolute Gasteiger partial charge is 0.353 e. The summed E-state index contributed by atoms with van der Waals surface area (Å²) in [6.45, 7) is 3.99. The van der Waals surface area contributed by atoms with Gasteiger partial charge in [0, 0.05) is 13.2 Å². The molecule has 1 aliphatic heterocycles. The van der Waals surface area contributed by atoms with E-state index in [-0.39, 0.29) is 6.29 Å². The summed E-state index contributed by atoms with van der Waals surface area (Å²) in [7, 11) is 0. The molecule has 0 aliphatic carbocycles. The molecule has 0 N–H and O–H groups in total. The van der Waals surface area contributed by atoms with Crippen molar-refractivity contribution < 1.29 is 9.47 Å². The van der Waals surface area contributed by atoms with Gasteiger partial charge < -0.3 is 9.47 Å². The summed E-state index contributed by atoms with van der Waals surface area (Å²) in [4.78, 5) is 0. The van der Waals surface area contributed by atoms with Crippen molar-refractivity contribution in [3.8, 4) is 0 Å². The Morgan fingerprint density at radius 1 is 0.826 bits per heavy atom. The molecule has 0 radical (unpaired) electrons. The molecule has 0 bridgehead atoms. The van der Waals surface area contributed by atoms with E-state index in [1.54, 1.807) is 0 Å². The third-order valence-electron chi connectivity index (χ3n) is 4.26. The number of rotatable bonds is 14. The van der Waals surface area contributed by atoms with Gasteiger partial charge in [0.2, 0.25) is 0 Å². The van der Waals surface area contributed by atoms with E-state index in [0.29, 0.717) is 0 Å². The minimum Gasteiger partial charge on any atom is -0.353 e. The highest BCUT2D eigenvalue weighted by Gasteiger charge is 2.12. The van der Waals surface area contributed by atoms with Gasteiger partial charge in [-0.15, -0.1) is 0 Å². The molecule has 1 rings (SSSR count). The van der Waals surface area contributed by atoms with E-state index in [1.807, 2.05) is 0 Å². The van der Waals surface area contributed by atoms with Crippen LogP contribution in [0.5, 0.6) is 0 Å². The van der Waals surface area contributed by atoms with Crippen molar-refractivity contribution in [1.29, 1.82) is 0 Å². The first kappa shape index (κ1) is 20.4. The van der Waals surface area contributed by atoms with E-state index in [1.165, 1.54) is 70.6 Å². The second-order valence-corrected chi connectivity index (χ2v) is 6.53. The van der Waals surface area contributed by atoms with Crippen molar-refractivity contribution in [2.45, 2.75) is 96.7 Å². The zero-order valence-electron chi connectivity index (χ0n) is 15.3. The van der Waals surface area contributed by atoms with Crippen molar-refractivity contribution in [2.75, 3.05) is 13.2 Å². The molecule has 0 aromatic carbocycles. The number of ether oxygens (including phenoxy) is 2. The molecule has 0 spiro atoms. The van der Waals surface area contributed by atoms with E-state index < -0.39 is 0 Å². The number of unbranched alkanes of at least 4 members (excludes halogenated alkanes) is 7. The lowest BCUT2D eigenvalue weighted by atomic mass is 10.1. The molecule has 0 aromatic rings. The van der Waals surface area contributed by atoms with Crippen LogP contribution in [0.2, 0.25) is 0 Å². The first-order valence-corrected chi connectivity index (χ1v) is 9.96. The standard InChI is InChI=1S/C21H38O2/c1-2-3-4-5-6-7-8-9-10-11-12-13-14-16-19-22-21-18-15-17-20-23-21/h7-8,11-12,21H,2-6,9-10,13-20H2,1H3/b8-7-,12-11-. The molecule has 2 nitrogen and oxygen atoms in total. The highest BCUT2D eigenvalue weighted by atomic mass is 16.7. The maximum absolute atomic E-state index is 5.73. The molecule has 0 saturated carbocycles. The van der Waals surface area contributed by atoms with Gasteiger partial charge in [-0.25, -0.2) is 0 Å². The van der Waals surface area contributed by atoms with Crippen LogP contribution in [0.25, 0.3) is 0 Å². The summed E-state index contributed by atoms with van der Waals surface area (Å²) < 4.78 is 11.3. The molecule has 2 heteroatoms. The molecule has 23 heavy (non-hydrogen) atoms. The van der Waals surface area contributed by atoms with Crippen LogP contribution >= 0.6 is 0 Å². The van der Waals surface area contributed by atoms with Gasteiger partial charge in [-0.3, -0.25) is 0 Å². The predicted molar refractivity (Wildman–Crippen MR) is 99.7 cm³/mol. The average Bonchev–Trinajstić information content (AvgIpc) is 2.59.